The molecule has 224 valence electrons. The summed E-state index contributed by atoms with van der Waals surface area (Å²) in [7, 11) is 0. The predicted molar refractivity (Wildman–Crippen MR) is 178 cm³/mol. The summed E-state index contributed by atoms with van der Waals surface area (Å²) in [6.45, 7) is 4.78. The Morgan fingerprint density at radius 1 is 0.512 bits per heavy atom. The van der Waals surface area contributed by atoms with Crippen molar-refractivity contribution in [2.45, 2.75) is 95.3 Å². The van der Waals surface area contributed by atoms with Gasteiger partial charge < -0.3 is 10.2 Å². The summed E-state index contributed by atoms with van der Waals surface area (Å²) in [5.41, 5.74) is 8.21. The Morgan fingerprint density at radius 2 is 0.884 bits per heavy atom. The molecular weight excluding hydrogens is 524 g/mol. The lowest BCUT2D eigenvalue weighted by atomic mass is 9.71. The van der Waals surface area contributed by atoms with E-state index in [4.69, 9.17) is 0 Å². The third kappa shape index (κ3) is 6.85. The van der Waals surface area contributed by atoms with Crippen molar-refractivity contribution in [3.8, 4) is 11.5 Å². The predicted octanol–water partition coefficient (Wildman–Crippen LogP) is 10.8. The molecule has 0 radical (unpaired) electrons. The van der Waals surface area contributed by atoms with Gasteiger partial charge in [0, 0.05) is 0 Å². The molecule has 2 aliphatic rings. The van der Waals surface area contributed by atoms with Crippen molar-refractivity contribution in [2.75, 3.05) is 0 Å². The van der Waals surface area contributed by atoms with Gasteiger partial charge in [0.2, 0.25) is 0 Å². The van der Waals surface area contributed by atoms with Crippen LogP contribution in [0.4, 0.5) is 0 Å². The second kappa shape index (κ2) is 13.4. The van der Waals surface area contributed by atoms with E-state index in [1.165, 1.54) is 84.7 Å². The minimum Gasteiger partial charge on any atom is -0.508 e. The molecule has 0 amide bonds. The number of phenolic OH excluding ortho intramolecular Hbond substituents is 2. The zero-order chi connectivity index (χ0) is 29.8. The molecule has 2 atom stereocenters. The van der Waals surface area contributed by atoms with Crippen molar-refractivity contribution in [2.24, 2.45) is 11.8 Å². The summed E-state index contributed by atoms with van der Waals surface area (Å²) in [6.07, 6.45) is 10.4. The molecule has 2 heteroatoms. The van der Waals surface area contributed by atoms with Gasteiger partial charge in [0.1, 0.15) is 11.5 Å². The van der Waals surface area contributed by atoms with Gasteiger partial charge in [0.25, 0.3) is 0 Å². The van der Waals surface area contributed by atoms with Crippen molar-refractivity contribution in [3.05, 3.63) is 130 Å². The molecule has 43 heavy (non-hydrogen) atoms. The second-order valence-electron chi connectivity index (χ2n) is 13.6. The largest absolute Gasteiger partial charge is 0.508 e. The van der Waals surface area contributed by atoms with Crippen LogP contribution in [-0.4, -0.2) is 10.2 Å². The van der Waals surface area contributed by atoms with Crippen LogP contribution in [0, 0.1) is 11.8 Å². The molecule has 0 aromatic heterocycles. The molecule has 6 rings (SSSR count). The average Bonchev–Trinajstić information content (AvgIpc) is 3.06. The van der Waals surface area contributed by atoms with Crippen LogP contribution in [0.3, 0.4) is 0 Å². The Morgan fingerprint density at radius 3 is 1.26 bits per heavy atom. The quantitative estimate of drug-likeness (QED) is 0.220. The number of benzene rings is 4. The van der Waals surface area contributed by atoms with Gasteiger partial charge in [-0.05, 0) is 151 Å². The highest BCUT2D eigenvalue weighted by atomic mass is 16.3. The van der Waals surface area contributed by atoms with E-state index in [9.17, 15) is 10.2 Å². The summed E-state index contributed by atoms with van der Waals surface area (Å²) in [5.74, 6) is 4.29. The van der Waals surface area contributed by atoms with Gasteiger partial charge in [-0.15, -0.1) is 0 Å². The fourth-order valence-electron chi connectivity index (χ4n) is 8.37. The fraction of sp³-hybridized carbons (Fsp3) is 0.415. The zero-order valence-corrected chi connectivity index (χ0v) is 26.0. The summed E-state index contributed by atoms with van der Waals surface area (Å²) >= 11 is 0. The van der Waals surface area contributed by atoms with Crippen LogP contribution in [0.1, 0.15) is 122 Å². The van der Waals surface area contributed by atoms with Crippen molar-refractivity contribution in [3.63, 3.8) is 0 Å². The molecule has 0 saturated heterocycles. The Bertz CT molecular complexity index is 1350. The maximum absolute atomic E-state index is 10.5. The van der Waals surface area contributed by atoms with Crippen LogP contribution in [0.25, 0.3) is 0 Å². The summed E-state index contributed by atoms with van der Waals surface area (Å²) in [6, 6.07) is 34.0. The van der Waals surface area contributed by atoms with Gasteiger partial charge in [-0.2, -0.15) is 0 Å². The maximum atomic E-state index is 10.5. The molecular formula is C41H48O2. The van der Waals surface area contributed by atoms with Crippen LogP contribution in [-0.2, 0) is 6.42 Å². The van der Waals surface area contributed by atoms with E-state index in [-0.39, 0.29) is 0 Å². The van der Waals surface area contributed by atoms with E-state index < -0.39 is 0 Å². The van der Waals surface area contributed by atoms with Crippen molar-refractivity contribution in [1.82, 2.24) is 0 Å². The number of hydrogen-bond donors (Lipinski definition) is 2. The van der Waals surface area contributed by atoms with E-state index in [1.54, 1.807) is 0 Å². The monoisotopic (exact) mass is 572 g/mol. The topological polar surface area (TPSA) is 40.5 Å². The average molecular weight is 573 g/mol. The Kier molecular flexibility index (Phi) is 9.22. The maximum Gasteiger partial charge on any atom is 0.115 e. The minimum atomic E-state index is 0.371. The zero-order valence-electron chi connectivity index (χ0n) is 26.0. The highest BCUT2D eigenvalue weighted by Gasteiger charge is 2.30. The van der Waals surface area contributed by atoms with E-state index >= 15 is 0 Å². The van der Waals surface area contributed by atoms with Gasteiger partial charge in [-0.1, -0.05) is 86.6 Å². The van der Waals surface area contributed by atoms with Crippen LogP contribution in [0.2, 0.25) is 0 Å². The first kappa shape index (κ1) is 29.5. The molecule has 2 N–H and O–H groups in total. The van der Waals surface area contributed by atoms with Crippen LogP contribution in [0.15, 0.2) is 97.1 Å². The van der Waals surface area contributed by atoms with E-state index in [1.807, 2.05) is 24.3 Å². The summed E-state index contributed by atoms with van der Waals surface area (Å²) in [5, 5.41) is 21.1. The highest BCUT2D eigenvalue weighted by molar-refractivity contribution is 5.45. The van der Waals surface area contributed by atoms with E-state index in [0.29, 0.717) is 47.0 Å². The molecule has 2 fully saturated rings. The Hall–Kier alpha value is -3.52. The second-order valence-corrected chi connectivity index (χ2v) is 13.6. The molecule has 0 spiro atoms. The van der Waals surface area contributed by atoms with Gasteiger partial charge in [-0.25, -0.2) is 0 Å². The molecule has 0 bridgehead atoms. The van der Waals surface area contributed by atoms with Gasteiger partial charge in [-0.3, -0.25) is 0 Å². The highest BCUT2D eigenvalue weighted by Crippen LogP contribution is 2.46. The first-order valence-corrected chi connectivity index (χ1v) is 16.7. The molecule has 2 saturated carbocycles. The van der Waals surface area contributed by atoms with E-state index in [2.05, 4.69) is 86.6 Å². The first-order valence-electron chi connectivity index (χ1n) is 16.7. The molecule has 2 nitrogen and oxygen atoms in total. The van der Waals surface area contributed by atoms with Crippen molar-refractivity contribution >= 4 is 0 Å². The normalized spacial score (nSPS) is 23.9. The van der Waals surface area contributed by atoms with Crippen LogP contribution < -0.4 is 0 Å². The van der Waals surface area contributed by atoms with Gasteiger partial charge in [0.05, 0.1) is 0 Å². The molecule has 0 aliphatic heterocycles. The van der Waals surface area contributed by atoms with Crippen molar-refractivity contribution in [1.29, 1.82) is 0 Å². The fourth-order valence-corrected chi connectivity index (χ4v) is 8.37. The van der Waals surface area contributed by atoms with Crippen molar-refractivity contribution < 1.29 is 10.2 Å². The third-order valence-electron chi connectivity index (χ3n) is 11.1. The van der Waals surface area contributed by atoms with Gasteiger partial charge >= 0.3 is 0 Å². The SMILES string of the molecule is CC(c1ccccc1)C1CCC(c2cc(O)ccc2Cc2ccc(O)cc2C2CCC(C(C)c3ccccc3)CC2)CC1. The molecule has 2 unspecified atom stereocenters. The lowest BCUT2D eigenvalue weighted by Crippen LogP contribution is -2.20. The lowest BCUT2D eigenvalue weighted by molar-refractivity contribution is 0.289. The van der Waals surface area contributed by atoms with Gasteiger partial charge in [0.15, 0.2) is 0 Å². The lowest BCUT2D eigenvalue weighted by Gasteiger charge is -2.34. The standard InChI is InChI=1S/C41H48O2/c1-28(30-9-5-3-6-10-30)32-13-17-34(18-14-32)40-26-38(42)23-21-36(40)25-37-22-24-39(43)27-41(37)35-19-15-33(16-20-35)29(2)31-11-7-4-8-12-31/h3-12,21-24,26-29,32-35,42-43H,13-20,25H2,1-2H3. The number of phenols is 2. The molecule has 0 heterocycles. The Labute approximate surface area is 258 Å². The number of rotatable bonds is 8. The molecule has 4 aromatic carbocycles. The van der Waals surface area contributed by atoms with E-state index in [0.717, 1.165) is 6.42 Å². The first-order chi connectivity index (χ1) is 21.0. The summed E-state index contributed by atoms with van der Waals surface area (Å²) < 4.78 is 0. The molecule has 2 aliphatic carbocycles. The smallest absolute Gasteiger partial charge is 0.115 e. The number of hydrogen-bond acceptors (Lipinski definition) is 2. The van der Waals surface area contributed by atoms with Crippen LogP contribution in [0.5, 0.6) is 11.5 Å². The summed E-state index contributed by atoms with van der Waals surface area (Å²) in [4.78, 5) is 0. The Balaban J connectivity index is 1.16. The molecule has 4 aromatic rings. The minimum absolute atomic E-state index is 0.371. The third-order valence-corrected chi connectivity index (χ3v) is 11.1. The van der Waals surface area contributed by atoms with Crippen LogP contribution >= 0.6 is 0 Å². The number of aromatic hydroxyl groups is 2.